The minimum atomic E-state index is -0.0480. The molecule has 82 valence electrons. The van der Waals surface area contributed by atoms with Gasteiger partial charge in [-0.1, -0.05) is 18.2 Å². The maximum atomic E-state index is 10.8. The number of Topliss-reactive ketones (excluding diaryl/α,β-unsaturated/α-hetero) is 1. The number of ketones is 1. The number of hydrogen-bond donors (Lipinski definition) is 0. The van der Waals surface area contributed by atoms with Gasteiger partial charge in [-0.15, -0.1) is 11.6 Å². The first-order valence-corrected chi connectivity index (χ1v) is 5.65. The van der Waals surface area contributed by atoms with Crippen LogP contribution in [0.1, 0.15) is 41.8 Å². The number of aryl methyl sites for hydroxylation is 2. The number of carbonyl (C=O) groups is 1. The van der Waals surface area contributed by atoms with E-state index in [1.54, 1.807) is 6.92 Å². The average molecular weight is 225 g/mol. The first-order chi connectivity index (χ1) is 7.00. The average Bonchev–Trinajstić information content (AvgIpc) is 2.18. The van der Waals surface area contributed by atoms with Gasteiger partial charge in [-0.05, 0) is 43.9 Å². The van der Waals surface area contributed by atoms with Crippen molar-refractivity contribution in [3.8, 4) is 0 Å². The van der Waals surface area contributed by atoms with Crippen molar-refractivity contribution >= 4 is 17.4 Å². The second-order valence-electron chi connectivity index (χ2n) is 4.05. The molecule has 0 heterocycles. The molecule has 0 radical (unpaired) electrons. The Kier molecular flexibility index (Phi) is 4.34. The summed E-state index contributed by atoms with van der Waals surface area (Å²) in [5.74, 6) is 0.199. The highest BCUT2D eigenvalue weighted by atomic mass is 35.5. The molecule has 2 heteroatoms. The van der Waals surface area contributed by atoms with Crippen LogP contribution in [-0.2, 0) is 4.79 Å². The molecule has 1 aromatic carbocycles. The third-order valence-electron chi connectivity index (χ3n) is 2.64. The van der Waals surface area contributed by atoms with Gasteiger partial charge in [0.2, 0.25) is 0 Å². The fourth-order valence-electron chi connectivity index (χ4n) is 1.46. The van der Waals surface area contributed by atoms with Gasteiger partial charge in [0.15, 0.2) is 0 Å². The third-order valence-corrected chi connectivity index (χ3v) is 3.11. The lowest BCUT2D eigenvalue weighted by Crippen LogP contribution is -1.96. The summed E-state index contributed by atoms with van der Waals surface area (Å²) in [5.41, 5.74) is 3.64. The summed E-state index contributed by atoms with van der Waals surface area (Å²) in [6.07, 6.45) is 1.28. The summed E-state index contributed by atoms with van der Waals surface area (Å²) >= 11 is 6.22. The first kappa shape index (κ1) is 12.3. The van der Waals surface area contributed by atoms with Crippen molar-refractivity contribution in [3.63, 3.8) is 0 Å². The molecule has 0 aliphatic heterocycles. The van der Waals surface area contributed by atoms with Crippen molar-refractivity contribution < 1.29 is 4.79 Å². The zero-order chi connectivity index (χ0) is 11.4. The molecule has 0 saturated heterocycles. The maximum Gasteiger partial charge on any atom is 0.129 e. The smallest absolute Gasteiger partial charge is 0.129 e. The van der Waals surface area contributed by atoms with E-state index in [1.807, 2.05) is 6.07 Å². The van der Waals surface area contributed by atoms with E-state index in [4.69, 9.17) is 11.6 Å². The summed E-state index contributed by atoms with van der Waals surface area (Å²) in [7, 11) is 0. The van der Waals surface area contributed by atoms with Gasteiger partial charge >= 0.3 is 0 Å². The van der Waals surface area contributed by atoms with E-state index in [9.17, 15) is 4.79 Å². The van der Waals surface area contributed by atoms with E-state index in [2.05, 4.69) is 26.0 Å². The van der Waals surface area contributed by atoms with E-state index in [0.29, 0.717) is 6.42 Å². The van der Waals surface area contributed by atoms with Crippen molar-refractivity contribution in [1.82, 2.24) is 0 Å². The first-order valence-electron chi connectivity index (χ1n) is 5.21. The van der Waals surface area contributed by atoms with E-state index in [-0.39, 0.29) is 11.2 Å². The summed E-state index contributed by atoms with van der Waals surface area (Å²) in [6.45, 7) is 5.76. The van der Waals surface area contributed by atoms with Gasteiger partial charge in [-0.25, -0.2) is 0 Å². The number of benzene rings is 1. The highest BCUT2D eigenvalue weighted by Gasteiger charge is 2.09. The second-order valence-corrected chi connectivity index (χ2v) is 4.58. The van der Waals surface area contributed by atoms with E-state index in [1.165, 1.54) is 11.1 Å². The Morgan fingerprint density at radius 3 is 2.53 bits per heavy atom. The Labute approximate surface area is 96.5 Å². The quantitative estimate of drug-likeness (QED) is 0.708. The van der Waals surface area contributed by atoms with Crippen LogP contribution in [0, 0.1) is 13.8 Å². The van der Waals surface area contributed by atoms with Gasteiger partial charge in [0.1, 0.15) is 5.78 Å². The topological polar surface area (TPSA) is 17.1 Å². The van der Waals surface area contributed by atoms with Crippen LogP contribution in [0.25, 0.3) is 0 Å². The van der Waals surface area contributed by atoms with Crippen molar-refractivity contribution in [2.45, 2.75) is 39.0 Å². The molecule has 1 aromatic rings. The van der Waals surface area contributed by atoms with Gasteiger partial charge < -0.3 is 4.79 Å². The SMILES string of the molecule is CC(=O)CCC(Cl)c1ccc(C)c(C)c1. The number of carbonyl (C=O) groups excluding carboxylic acids is 1. The van der Waals surface area contributed by atoms with Gasteiger partial charge in [0.25, 0.3) is 0 Å². The normalized spacial score (nSPS) is 12.5. The zero-order valence-electron chi connectivity index (χ0n) is 9.51. The van der Waals surface area contributed by atoms with Crippen molar-refractivity contribution in [2.75, 3.05) is 0 Å². The van der Waals surface area contributed by atoms with Gasteiger partial charge in [0, 0.05) is 6.42 Å². The molecule has 1 nitrogen and oxygen atoms in total. The molecule has 0 saturated carbocycles. The van der Waals surface area contributed by atoms with Crippen LogP contribution in [0.3, 0.4) is 0 Å². The Morgan fingerprint density at radius 2 is 2.00 bits per heavy atom. The minimum absolute atomic E-state index is 0.0480. The van der Waals surface area contributed by atoms with Crippen molar-refractivity contribution in [3.05, 3.63) is 34.9 Å². The van der Waals surface area contributed by atoms with E-state index < -0.39 is 0 Å². The third kappa shape index (κ3) is 3.67. The van der Waals surface area contributed by atoms with Crippen LogP contribution in [0.15, 0.2) is 18.2 Å². The number of rotatable bonds is 4. The monoisotopic (exact) mass is 224 g/mol. The molecule has 0 N–H and O–H groups in total. The van der Waals surface area contributed by atoms with E-state index in [0.717, 1.165) is 12.0 Å². The molecule has 0 spiro atoms. The standard InChI is InChI=1S/C13H17ClO/c1-9-4-6-12(8-10(9)2)13(14)7-5-11(3)15/h4,6,8,13H,5,7H2,1-3H3. The number of halogens is 1. The van der Waals surface area contributed by atoms with E-state index >= 15 is 0 Å². The Balaban J connectivity index is 2.69. The van der Waals surface area contributed by atoms with Crippen LogP contribution in [0.4, 0.5) is 0 Å². The Bertz CT molecular complexity index is 358. The zero-order valence-corrected chi connectivity index (χ0v) is 10.3. The van der Waals surface area contributed by atoms with Crippen LogP contribution in [0.2, 0.25) is 0 Å². The molecule has 0 aromatic heterocycles. The van der Waals surface area contributed by atoms with Crippen LogP contribution >= 0.6 is 11.6 Å². The van der Waals surface area contributed by atoms with Gasteiger partial charge in [-0.2, -0.15) is 0 Å². The number of hydrogen-bond acceptors (Lipinski definition) is 1. The fourth-order valence-corrected chi connectivity index (χ4v) is 1.70. The lowest BCUT2D eigenvalue weighted by molar-refractivity contribution is -0.117. The molecule has 0 aliphatic rings. The van der Waals surface area contributed by atoms with Gasteiger partial charge in [-0.3, -0.25) is 0 Å². The van der Waals surface area contributed by atoms with Crippen LogP contribution < -0.4 is 0 Å². The van der Waals surface area contributed by atoms with Crippen molar-refractivity contribution in [1.29, 1.82) is 0 Å². The van der Waals surface area contributed by atoms with Crippen molar-refractivity contribution in [2.24, 2.45) is 0 Å². The molecule has 1 rings (SSSR count). The molecular weight excluding hydrogens is 208 g/mol. The molecule has 0 aliphatic carbocycles. The van der Waals surface area contributed by atoms with Crippen LogP contribution in [-0.4, -0.2) is 5.78 Å². The van der Waals surface area contributed by atoms with Gasteiger partial charge in [0.05, 0.1) is 5.38 Å². The predicted molar refractivity (Wildman–Crippen MR) is 64.4 cm³/mol. The summed E-state index contributed by atoms with van der Waals surface area (Å²) in [5, 5.41) is -0.0480. The molecule has 15 heavy (non-hydrogen) atoms. The highest BCUT2D eigenvalue weighted by molar-refractivity contribution is 6.20. The predicted octanol–water partition coefficient (Wildman–Crippen LogP) is 3.95. The summed E-state index contributed by atoms with van der Waals surface area (Å²) in [4.78, 5) is 10.8. The summed E-state index contributed by atoms with van der Waals surface area (Å²) in [6, 6.07) is 6.22. The fraction of sp³-hybridized carbons (Fsp3) is 0.462. The molecular formula is C13H17ClO. The molecule has 0 bridgehead atoms. The highest BCUT2D eigenvalue weighted by Crippen LogP contribution is 2.27. The molecule has 1 atom stereocenters. The summed E-state index contributed by atoms with van der Waals surface area (Å²) < 4.78 is 0. The van der Waals surface area contributed by atoms with Crippen LogP contribution in [0.5, 0.6) is 0 Å². The maximum absolute atomic E-state index is 10.8. The minimum Gasteiger partial charge on any atom is -0.300 e. The molecule has 0 fully saturated rings. The molecule has 1 unspecified atom stereocenters. The Morgan fingerprint density at radius 1 is 1.33 bits per heavy atom. The largest absolute Gasteiger partial charge is 0.300 e. The second kappa shape index (κ2) is 5.32. The Hall–Kier alpha value is -0.820. The number of alkyl halides is 1. The lowest BCUT2D eigenvalue weighted by atomic mass is 10.0. The molecule has 0 amide bonds. The lowest BCUT2D eigenvalue weighted by Gasteiger charge is -2.10.